The number of hydrogen-bond acceptors (Lipinski definition) is 3. The van der Waals surface area contributed by atoms with Crippen molar-refractivity contribution in [3.8, 4) is 5.75 Å². The lowest BCUT2D eigenvalue weighted by atomic mass is 10.1. The van der Waals surface area contributed by atoms with Crippen LogP contribution in [0.5, 0.6) is 5.75 Å². The highest BCUT2D eigenvalue weighted by atomic mass is 16.5. The smallest absolute Gasteiger partial charge is 0.124 e. The predicted molar refractivity (Wildman–Crippen MR) is 81.9 cm³/mol. The Morgan fingerprint density at radius 3 is 2.65 bits per heavy atom. The molecule has 1 atom stereocenters. The molecule has 2 aliphatic carbocycles. The van der Waals surface area contributed by atoms with Gasteiger partial charge in [-0.1, -0.05) is 18.2 Å². The van der Waals surface area contributed by atoms with Crippen LogP contribution in [0.2, 0.25) is 0 Å². The topological polar surface area (TPSA) is 38.5 Å². The van der Waals surface area contributed by atoms with Gasteiger partial charge in [-0.3, -0.25) is 4.90 Å². The summed E-state index contributed by atoms with van der Waals surface area (Å²) >= 11 is 0. The molecule has 2 aliphatic rings. The first-order valence-electron chi connectivity index (χ1n) is 7.99. The first-order chi connectivity index (χ1) is 9.78. The first kappa shape index (κ1) is 13.9. The molecule has 0 aliphatic heterocycles. The van der Waals surface area contributed by atoms with Gasteiger partial charge in [0.2, 0.25) is 0 Å². The Labute approximate surface area is 122 Å². The second-order valence-corrected chi connectivity index (χ2v) is 6.21. The third-order valence-electron chi connectivity index (χ3n) is 4.30. The van der Waals surface area contributed by atoms with Crippen LogP contribution in [0.4, 0.5) is 0 Å². The van der Waals surface area contributed by atoms with Gasteiger partial charge in [-0.2, -0.15) is 0 Å². The molecule has 110 valence electrons. The molecule has 1 aromatic carbocycles. The van der Waals surface area contributed by atoms with Gasteiger partial charge in [0.15, 0.2) is 0 Å². The van der Waals surface area contributed by atoms with Gasteiger partial charge in [-0.25, -0.2) is 0 Å². The molecule has 0 heterocycles. The Morgan fingerprint density at radius 2 is 2.00 bits per heavy atom. The lowest BCUT2D eigenvalue weighted by Crippen LogP contribution is -2.35. The van der Waals surface area contributed by atoms with Gasteiger partial charge in [0, 0.05) is 30.7 Å². The fourth-order valence-corrected chi connectivity index (χ4v) is 2.87. The van der Waals surface area contributed by atoms with Crippen LogP contribution in [0.3, 0.4) is 0 Å². The number of nitrogens with zero attached hydrogens (tertiary/aromatic N) is 1. The average Bonchev–Trinajstić information content (AvgIpc) is 3.32. The molecule has 2 saturated carbocycles. The van der Waals surface area contributed by atoms with E-state index in [4.69, 9.17) is 10.5 Å². The van der Waals surface area contributed by atoms with E-state index in [1.54, 1.807) is 0 Å². The molecule has 2 fully saturated rings. The summed E-state index contributed by atoms with van der Waals surface area (Å²) in [7, 11) is 0. The second kappa shape index (κ2) is 6.15. The number of hydrogen-bond donors (Lipinski definition) is 1. The zero-order chi connectivity index (χ0) is 13.9. The molecule has 1 aromatic rings. The molecule has 20 heavy (non-hydrogen) atoms. The Bertz CT molecular complexity index is 440. The summed E-state index contributed by atoms with van der Waals surface area (Å²) in [5, 5.41) is 0. The van der Waals surface area contributed by atoms with Crippen molar-refractivity contribution in [3.63, 3.8) is 0 Å². The first-order valence-corrected chi connectivity index (χ1v) is 7.99. The highest BCUT2D eigenvalue weighted by Gasteiger charge is 2.34. The molecule has 0 spiro atoms. The van der Waals surface area contributed by atoms with Gasteiger partial charge in [0.25, 0.3) is 0 Å². The average molecular weight is 274 g/mol. The van der Waals surface area contributed by atoms with E-state index in [9.17, 15) is 0 Å². The van der Waals surface area contributed by atoms with Crippen molar-refractivity contribution in [2.75, 3.05) is 19.7 Å². The molecule has 0 bridgehead atoms. The van der Waals surface area contributed by atoms with E-state index in [-0.39, 0.29) is 6.04 Å². The molecule has 1 unspecified atom stereocenters. The molecule has 3 rings (SSSR count). The van der Waals surface area contributed by atoms with Gasteiger partial charge >= 0.3 is 0 Å². The minimum absolute atomic E-state index is 0.0529. The van der Waals surface area contributed by atoms with Crippen molar-refractivity contribution in [1.29, 1.82) is 0 Å². The Kier molecular flexibility index (Phi) is 4.27. The minimum atomic E-state index is 0.0529. The maximum absolute atomic E-state index is 6.47. The van der Waals surface area contributed by atoms with Crippen molar-refractivity contribution in [3.05, 3.63) is 29.8 Å². The second-order valence-electron chi connectivity index (χ2n) is 6.21. The van der Waals surface area contributed by atoms with Crippen molar-refractivity contribution >= 4 is 0 Å². The minimum Gasteiger partial charge on any atom is -0.494 e. The van der Waals surface area contributed by atoms with Crippen LogP contribution in [0.15, 0.2) is 24.3 Å². The zero-order valence-corrected chi connectivity index (χ0v) is 12.4. The summed E-state index contributed by atoms with van der Waals surface area (Å²) in [6, 6.07) is 9.06. The van der Waals surface area contributed by atoms with Gasteiger partial charge < -0.3 is 10.5 Å². The maximum Gasteiger partial charge on any atom is 0.124 e. The summed E-state index contributed by atoms with van der Waals surface area (Å²) in [5.74, 6) is 1.88. The van der Waals surface area contributed by atoms with E-state index in [1.807, 2.05) is 19.1 Å². The highest BCUT2D eigenvalue weighted by Crippen LogP contribution is 2.36. The van der Waals surface area contributed by atoms with Crippen molar-refractivity contribution < 1.29 is 4.74 Å². The molecule has 0 radical (unpaired) electrons. The number of rotatable bonds is 8. The quantitative estimate of drug-likeness (QED) is 0.792. The van der Waals surface area contributed by atoms with Crippen molar-refractivity contribution in [2.45, 2.75) is 44.7 Å². The number of benzene rings is 1. The lowest BCUT2D eigenvalue weighted by molar-refractivity contribution is 0.235. The Morgan fingerprint density at radius 1 is 1.25 bits per heavy atom. The summed E-state index contributed by atoms with van der Waals surface area (Å²) in [6.45, 7) is 4.92. The predicted octanol–water partition coefficient (Wildman–Crippen LogP) is 2.96. The molecule has 3 heteroatoms. The van der Waals surface area contributed by atoms with Gasteiger partial charge in [0.1, 0.15) is 5.75 Å². The summed E-state index contributed by atoms with van der Waals surface area (Å²) in [4.78, 5) is 2.62. The summed E-state index contributed by atoms with van der Waals surface area (Å²) in [5.41, 5.74) is 7.62. The lowest BCUT2D eigenvalue weighted by Gasteiger charge is -2.26. The molecular weight excluding hydrogens is 248 g/mol. The Hall–Kier alpha value is -1.06. The number of ether oxygens (including phenoxy) is 1. The molecule has 0 amide bonds. The van der Waals surface area contributed by atoms with Crippen LogP contribution >= 0.6 is 0 Å². The van der Waals surface area contributed by atoms with E-state index in [1.165, 1.54) is 32.2 Å². The molecule has 0 saturated heterocycles. The monoisotopic (exact) mass is 274 g/mol. The van der Waals surface area contributed by atoms with Crippen LogP contribution in [0.25, 0.3) is 0 Å². The third kappa shape index (κ3) is 3.53. The standard InChI is InChI=1S/C17H26N2O/c1-2-20-17-6-4-3-5-15(17)16(18)12-19(14-9-10-14)11-13-7-8-13/h3-6,13-14,16H,2,7-12,18H2,1H3. The van der Waals surface area contributed by atoms with Crippen molar-refractivity contribution in [1.82, 2.24) is 4.90 Å². The van der Waals surface area contributed by atoms with E-state index >= 15 is 0 Å². The van der Waals surface area contributed by atoms with Crippen LogP contribution in [0.1, 0.15) is 44.2 Å². The number of nitrogens with two attached hydrogens (primary N) is 1. The highest BCUT2D eigenvalue weighted by molar-refractivity contribution is 5.36. The van der Waals surface area contributed by atoms with Crippen LogP contribution in [0, 0.1) is 5.92 Å². The van der Waals surface area contributed by atoms with Gasteiger partial charge in [-0.15, -0.1) is 0 Å². The summed E-state index contributed by atoms with van der Waals surface area (Å²) in [6.07, 6.45) is 5.53. The third-order valence-corrected chi connectivity index (χ3v) is 4.30. The van der Waals surface area contributed by atoms with Crippen LogP contribution in [-0.2, 0) is 0 Å². The van der Waals surface area contributed by atoms with E-state index < -0.39 is 0 Å². The summed E-state index contributed by atoms with van der Waals surface area (Å²) < 4.78 is 5.71. The fraction of sp³-hybridized carbons (Fsp3) is 0.647. The zero-order valence-electron chi connectivity index (χ0n) is 12.4. The fourth-order valence-electron chi connectivity index (χ4n) is 2.87. The maximum atomic E-state index is 6.47. The number of para-hydroxylation sites is 1. The molecule has 3 nitrogen and oxygen atoms in total. The van der Waals surface area contributed by atoms with Gasteiger partial charge in [0.05, 0.1) is 6.61 Å². The molecule has 2 N–H and O–H groups in total. The van der Waals surface area contributed by atoms with Crippen LogP contribution < -0.4 is 10.5 Å². The Balaban J connectivity index is 1.65. The molecule has 0 aromatic heterocycles. The normalized spacial score (nSPS) is 20.1. The largest absolute Gasteiger partial charge is 0.494 e. The van der Waals surface area contributed by atoms with E-state index in [2.05, 4.69) is 17.0 Å². The van der Waals surface area contributed by atoms with Crippen molar-refractivity contribution in [2.24, 2.45) is 11.7 Å². The molecular formula is C17H26N2O. The van der Waals surface area contributed by atoms with E-state index in [0.717, 1.165) is 29.8 Å². The van der Waals surface area contributed by atoms with Crippen LogP contribution in [-0.4, -0.2) is 30.6 Å². The SMILES string of the molecule is CCOc1ccccc1C(N)CN(CC1CC1)C1CC1. The van der Waals surface area contributed by atoms with Gasteiger partial charge in [-0.05, 0) is 44.6 Å². The van der Waals surface area contributed by atoms with E-state index in [0.29, 0.717) is 6.61 Å².